The second-order valence-electron chi connectivity index (χ2n) is 5.56. The fourth-order valence-corrected chi connectivity index (χ4v) is 3.04. The van der Waals surface area contributed by atoms with E-state index in [0.29, 0.717) is 10.6 Å². The van der Waals surface area contributed by atoms with Gasteiger partial charge in [-0.1, -0.05) is 41.7 Å². The zero-order valence-electron chi connectivity index (χ0n) is 13.9. The van der Waals surface area contributed by atoms with E-state index in [1.54, 1.807) is 36.4 Å². The Labute approximate surface area is 157 Å². The number of aliphatic carboxylic acids is 1. The number of nitrogens with zero attached hydrogens (tertiary/aromatic N) is 2. The molecule has 1 unspecified atom stereocenters. The number of nitrogens with one attached hydrogen (secondary N) is 2. The van der Waals surface area contributed by atoms with Crippen LogP contribution < -0.4 is 10.6 Å². The summed E-state index contributed by atoms with van der Waals surface area (Å²) in [5.74, 6) is -2.06. The van der Waals surface area contributed by atoms with Crippen LogP contribution in [0.5, 0.6) is 0 Å². The third-order valence-electron chi connectivity index (χ3n) is 3.54. The fourth-order valence-electron chi connectivity index (χ4n) is 2.27. The molecule has 0 aliphatic heterocycles. The highest BCUT2D eigenvalue weighted by atomic mass is 32.1. The van der Waals surface area contributed by atoms with E-state index in [9.17, 15) is 19.1 Å². The Balaban J connectivity index is 1.65. The Morgan fingerprint density at radius 1 is 1.07 bits per heavy atom. The number of aromatic nitrogens is 2. The minimum Gasteiger partial charge on any atom is -0.478 e. The van der Waals surface area contributed by atoms with Crippen LogP contribution in [-0.2, 0) is 16.0 Å². The monoisotopic (exact) mass is 386 g/mol. The molecule has 0 spiro atoms. The molecule has 9 heteroatoms. The Morgan fingerprint density at radius 3 is 2.44 bits per heavy atom. The number of hydrogen-bond acceptors (Lipinski definition) is 6. The highest BCUT2D eigenvalue weighted by Gasteiger charge is 2.21. The lowest BCUT2D eigenvalue weighted by Crippen LogP contribution is -2.46. The van der Waals surface area contributed by atoms with Crippen molar-refractivity contribution in [1.29, 1.82) is 0 Å². The number of anilines is 1. The molecule has 0 saturated carbocycles. The standard InChI is InChI=1S/C18H15FN4O3S/c19-13-8-6-12(7-9-13)16-22-23-18(27-16)21-15(17(25)26)20-14(24)10-11-4-2-1-3-5-11/h1-9,15H,10H2,(H,20,24)(H,21,23)(H,25,26). The molecule has 7 nitrogen and oxygen atoms in total. The van der Waals surface area contributed by atoms with Crippen molar-refractivity contribution in [2.75, 3.05) is 5.32 Å². The normalized spacial score (nSPS) is 11.6. The number of carbonyl (C=O) groups is 2. The zero-order valence-corrected chi connectivity index (χ0v) is 14.7. The molecule has 1 aromatic heterocycles. The molecule has 3 rings (SSSR count). The molecule has 0 bridgehead atoms. The van der Waals surface area contributed by atoms with E-state index in [-0.39, 0.29) is 17.4 Å². The van der Waals surface area contributed by atoms with E-state index in [1.807, 2.05) is 6.07 Å². The summed E-state index contributed by atoms with van der Waals surface area (Å²) in [6.45, 7) is 0. The fraction of sp³-hybridized carbons (Fsp3) is 0.111. The van der Waals surface area contributed by atoms with Crippen LogP contribution in [0.4, 0.5) is 9.52 Å². The van der Waals surface area contributed by atoms with Gasteiger partial charge in [0.15, 0.2) is 0 Å². The maximum atomic E-state index is 13.0. The molecule has 0 saturated heterocycles. The van der Waals surface area contributed by atoms with Crippen LogP contribution in [-0.4, -0.2) is 33.3 Å². The molecule has 1 amide bonds. The molecule has 0 aliphatic carbocycles. The van der Waals surface area contributed by atoms with Crippen molar-refractivity contribution < 1.29 is 19.1 Å². The van der Waals surface area contributed by atoms with Gasteiger partial charge in [0.25, 0.3) is 0 Å². The van der Waals surface area contributed by atoms with Gasteiger partial charge in [-0.05, 0) is 29.8 Å². The zero-order chi connectivity index (χ0) is 19.2. The third-order valence-corrected chi connectivity index (χ3v) is 4.45. The van der Waals surface area contributed by atoms with Crippen molar-refractivity contribution in [1.82, 2.24) is 15.5 Å². The van der Waals surface area contributed by atoms with E-state index in [4.69, 9.17) is 0 Å². The van der Waals surface area contributed by atoms with Crippen LogP contribution in [0.1, 0.15) is 5.56 Å². The van der Waals surface area contributed by atoms with Gasteiger partial charge in [-0.2, -0.15) is 0 Å². The van der Waals surface area contributed by atoms with Gasteiger partial charge < -0.3 is 15.7 Å². The number of halogens is 1. The number of benzene rings is 2. The second-order valence-corrected chi connectivity index (χ2v) is 6.54. The molecule has 3 aromatic rings. The lowest BCUT2D eigenvalue weighted by molar-refractivity contribution is -0.140. The number of amides is 1. The molecule has 138 valence electrons. The average Bonchev–Trinajstić information content (AvgIpc) is 3.11. The van der Waals surface area contributed by atoms with Gasteiger partial charge in [0.1, 0.15) is 10.8 Å². The van der Waals surface area contributed by atoms with Gasteiger partial charge in [0.2, 0.25) is 17.2 Å². The summed E-state index contributed by atoms with van der Waals surface area (Å²) in [4.78, 5) is 23.5. The van der Waals surface area contributed by atoms with Crippen LogP contribution in [0.2, 0.25) is 0 Å². The largest absolute Gasteiger partial charge is 0.478 e. The van der Waals surface area contributed by atoms with Crippen molar-refractivity contribution in [3.05, 3.63) is 66.0 Å². The second kappa shape index (κ2) is 8.37. The van der Waals surface area contributed by atoms with Crippen LogP contribution in [0.25, 0.3) is 10.6 Å². The number of hydrogen-bond donors (Lipinski definition) is 3. The number of carboxylic acids is 1. The van der Waals surface area contributed by atoms with Gasteiger partial charge >= 0.3 is 5.97 Å². The van der Waals surface area contributed by atoms with Crippen molar-refractivity contribution in [3.63, 3.8) is 0 Å². The lowest BCUT2D eigenvalue weighted by Gasteiger charge is -2.15. The van der Waals surface area contributed by atoms with E-state index in [1.165, 1.54) is 12.1 Å². The van der Waals surface area contributed by atoms with E-state index in [2.05, 4.69) is 20.8 Å². The summed E-state index contributed by atoms with van der Waals surface area (Å²) in [7, 11) is 0. The first-order valence-corrected chi connectivity index (χ1v) is 8.75. The lowest BCUT2D eigenvalue weighted by atomic mass is 10.1. The van der Waals surface area contributed by atoms with Crippen LogP contribution in [0, 0.1) is 5.82 Å². The first kappa shape index (κ1) is 18.5. The molecule has 27 heavy (non-hydrogen) atoms. The van der Waals surface area contributed by atoms with Gasteiger partial charge in [0, 0.05) is 5.56 Å². The summed E-state index contributed by atoms with van der Waals surface area (Å²) in [6.07, 6.45) is -1.29. The van der Waals surface area contributed by atoms with Gasteiger partial charge in [-0.15, -0.1) is 10.2 Å². The average molecular weight is 386 g/mol. The summed E-state index contributed by atoms with van der Waals surface area (Å²) < 4.78 is 13.0. The molecule has 1 heterocycles. The summed E-state index contributed by atoms with van der Waals surface area (Å²) in [5.41, 5.74) is 1.43. The number of rotatable bonds is 7. The highest BCUT2D eigenvalue weighted by Crippen LogP contribution is 2.26. The van der Waals surface area contributed by atoms with Crippen LogP contribution in [0.15, 0.2) is 54.6 Å². The highest BCUT2D eigenvalue weighted by molar-refractivity contribution is 7.18. The number of carboxylic acid groups (broad SMARTS) is 1. The minimum absolute atomic E-state index is 0.0588. The maximum Gasteiger partial charge on any atom is 0.347 e. The maximum absolute atomic E-state index is 13.0. The van der Waals surface area contributed by atoms with E-state index >= 15 is 0 Å². The molecule has 1 atom stereocenters. The molecule has 0 aliphatic rings. The number of carbonyl (C=O) groups excluding carboxylic acids is 1. The molecular weight excluding hydrogens is 371 g/mol. The quantitative estimate of drug-likeness (QED) is 0.539. The molecule has 0 fully saturated rings. The Morgan fingerprint density at radius 2 is 1.78 bits per heavy atom. The minimum atomic E-state index is -1.35. The van der Waals surface area contributed by atoms with Crippen LogP contribution >= 0.6 is 11.3 Å². The molecule has 0 radical (unpaired) electrons. The van der Waals surface area contributed by atoms with Crippen molar-refractivity contribution in [2.45, 2.75) is 12.6 Å². The predicted octanol–water partition coefficient (Wildman–Crippen LogP) is 2.53. The topological polar surface area (TPSA) is 104 Å². The Hall–Kier alpha value is -3.33. The van der Waals surface area contributed by atoms with Crippen LogP contribution in [0.3, 0.4) is 0 Å². The molecule has 3 N–H and O–H groups in total. The Bertz CT molecular complexity index is 931. The van der Waals surface area contributed by atoms with Crippen molar-refractivity contribution in [2.24, 2.45) is 0 Å². The van der Waals surface area contributed by atoms with E-state index in [0.717, 1.165) is 16.9 Å². The smallest absolute Gasteiger partial charge is 0.347 e. The SMILES string of the molecule is O=C(Cc1ccccc1)NC(Nc1nnc(-c2ccc(F)cc2)s1)C(=O)O. The predicted molar refractivity (Wildman–Crippen MR) is 98.6 cm³/mol. The van der Waals surface area contributed by atoms with Gasteiger partial charge in [-0.3, -0.25) is 4.79 Å². The Kier molecular flexibility index (Phi) is 5.72. The summed E-state index contributed by atoms with van der Waals surface area (Å²) in [5, 5.41) is 22.9. The van der Waals surface area contributed by atoms with Crippen molar-refractivity contribution >= 4 is 28.3 Å². The van der Waals surface area contributed by atoms with Crippen molar-refractivity contribution in [3.8, 4) is 10.6 Å². The third kappa shape index (κ3) is 5.08. The summed E-state index contributed by atoms with van der Waals surface area (Å²) in [6, 6.07) is 14.7. The first-order chi connectivity index (χ1) is 13.0. The van der Waals surface area contributed by atoms with Gasteiger partial charge in [0.05, 0.1) is 6.42 Å². The van der Waals surface area contributed by atoms with Gasteiger partial charge in [-0.25, -0.2) is 9.18 Å². The molecular formula is C18H15FN4O3S. The summed E-state index contributed by atoms with van der Waals surface area (Å²) >= 11 is 1.10. The molecule has 2 aromatic carbocycles. The first-order valence-electron chi connectivity index (χ1n) is 7.93. The van der Waals surface area contributed by atoms with E-state index < -0.39 is 18.0 Å².